The smallest absolute Gasteiger partial charge is 0.259 e. The van der Waals surface area contributed by atoms with Crippen molar-refractivity contribution < 1.29 is 17.9 Å². The van der Waals surface area contributed by atoms with Crippen LogP contribution in [0.25, 0.3) is 16.9 Å². The third kappa shape index (κ3) is 3.64. The number of ether oxygens (including phenoxy) is 2. The third-order valence-corrected chi connectivity index (χ3v) is 5.75. The van der Waals surface area contributed by atoms with Crippen LogP contribution in [0.5, 0.6) is 5.88 Å². The van der Waals surface area contributed by atoms with E-state index in [0.717, 1.165) is 18.4 Å². The number of hydrogen-bond acceptors (Lipinski definition) is 7. The summed E-state index contributed by atoms with van der Waals surface area (Å²) in [4.78, 5) is 8.30. The Kier molecular flexibility index (Phi) is 4.77. The lowest BCUT2D eigenvalue weighted by Gasteiger charge is -2.11. The van der Waals surface area contributed by atoms with Gasteiger partial charge in [0.05, 0.1) is 25.1 Å². The maximum Gasteiger partial charge on any atom is 0.259 e. The van der Waals surface area contributed by atoms with Gasteiger partial charge in [-0.2, -0.15) is 5.10 Å². The zero-order chi connectivity index (χ0) is 18.9. The Morgan fingerprint density at radius 1 is 1.26 bits per heavy atom. The molecule has 1 fully saturated rings. The van der Waals surface area contributed by atoms with Gasteiger partial charge in [-0.3, -0.25) is 0 Å². The quantitative estimate of drug-likeness (QED) is 0.676. The second-order valence-corrected chi connectivity index (χ2v) is 7.87. The van der Waals surface area contributed by atoms with E-state index in [-0.39, 0.29) is 17.7 Å². The summed E-state index contributed by atoms with van der Waals surface area (Å²) in [7, 11) is -2.23. The lowest BCUT2D eigenvalue weighted by Crippen LogP contribution is -2.32. The standard InChI is InChI=1S/C17H19N5O4S/c1-25-16-7-4-12(9-19-16)14-5-6-15-18-11-17(22(15)21-14)27(23,24)20-10-13-3-2-8-26-13/h4-7,9,11,13,20H,2-3,8,10H2,1H3. The summed E-state index contributed by atoms with van der Waals surface area (Å²) in [6.07, 6.45) is 4.63. The number of nitrogens with one attached hydrogen (secondary N) is 1. The van der Waals surface area contributed by atoms with Crippen LogP contribution < -0.4 is 9.46 Å². The molecule has 27 heavy (non-hydrogen) atoms. The number of hydrogen-bond donors (Lipinski definition) is 1. The maximum absolute atomic E-state index is 12.7. The molecule has 1 saturated heterocycles. The predicted molar refractivity (Wildman–Crippen MR) is 96.9 cm³/mol. The first kappa shape index (κ1) is 17.8. The molecule has 1 atom stereocenters. The molecular weight excluding hydrogens is 370 g/mol. The Hall–Kier alpha value is -2.56. The molecule has 0 spiro atoms. The summed E-state index contributed by atoms with van der Waals surface area (Å²) >= 11 is 0. The molecule has 0 saturated carbocycles. The highest BCUT2D eigenvalue weighted by atomic mass is 32.2. The summed E-state index contributed by atoms with van der Waals surface area (Å²) < 4.78 is 39.8. The molecule has 3 aromatic rings. The van der Waals surface area contributed by atoms with Crippen LogP contribution in [0.3, 0.4) is 0 Å². The molecule has 3 aromatic heterocycles. The van der Waals surface area contributed by atoms with Gasteiger partial charge in [0.2, 0.25) is 5.88 Å². The minimum atomic E-state index is -3.77. The van der Waals surface area contributed by atoms with E-state index in [1.54, 1.807) is 37.6 Å². The minimum absolute atomic E-state index is 0.0150. The monoisotopic (exact) mass is 389 g/mol. The van der Waals surface area contributed by atoms with Gasteiger partial charge in [-0.25, -0.2) is 27.6 Å². The van der Waals surface area contributed by atoms with Crippen LogP contribution in [-0.2, 0) is 14.8 Å². The topological polar surface area (TPSA) is 108 Å². The van der Waals surface area contributed by atoms with Crippen LogP contribution in [-0.4, -0.2) is 54.4 Å². The SMILES string of the molecule is COc1ccc(-c2ccc3ncc(S(=O)(=O)NCC4CCCO4)n3n2)cn1. The number of sulfonamides is 1. The van der Waals surface area contributed by atoms with Gasteiger partial charge in [-0.1, -0.05) is 0 Å². The number of methoxy groups -OCH3 is 1. The van der Waals surface area contributed by atoms with Crippen molar-refractivity contribution in [1.82, 2.24) is 24.3 Å². The molecule has 0 aliphatic carbocycles. The molecule has 1 unspecified atom stereocenters. The number of nitrogens with zero attached hydrogens (tertiary/aromatic N) is 4. The van der Waals surface area contributed by atoms with E-state index in [9.17, 15) is 8.42 Å². The molecule has 10 heteroatoms. The van der Waals surface area contributed by atoms with Crippen molar-refractivity contribution in [3.05, 3.63) is 36.7 Å². The normalized spacial score (nSPS) is 17.4. The summed E-state index contributed by atoms with van der Waals surface area (Å²) in [6, 6.07) is 7.00. The van der Waals surface area contributed by atoms with Crippen LogP contribution >= 0.6 is 0 Å². The van der Waals surface area contributed by atoms with Gasteiger partial charge in [0.15, 0.2) is 10.7 Å². The van der Waals surface area contributed by atoms with Crippen molar-refractivity contribution in [3.63, 3.8) is 0 Å². The number of imidazole rings is 1. The van der Waals surface area contributed by atoms with E-state index in [2.05, 4.69) is 19.8 Å². The minimum Gasteiger partial charge on any atom is -0.481 e. The van der Waals surface area contributed by atoms with Crippen molar-refractivity contribution in [2.75, 3.05) is 20.3 Å². The van der Waals surface area contributed by atoms with E-state index in [1.165, 1.54) is 10.7 Å². The fourth-order valence-electron chi connectivity index (χ4n) is 2.92. The molecule has 0 bridgehead atoms. The van der Waals surface area contributed by atoms with Crippen LogP contribution in [0.4, 0.5) is 0 Å². The Bertz CT molecular complexity index is 1040. The van der Waals surface area contributed by atoms with E-state index in [4.69, 9.17) is 9.47 Å². The van der Waals surface area contributed by atoms with Crippen molar-refractivity contribution in [2.45, 2.75) is 24.0 Å². The Morgan fingerprint density at radius 3 is 2.85 bits per heavy atom. The van der Waals surface area contributed by atoms with Crippen LogP contribution in [0.1, 0.15) is 12.8 Å². The third-order valence-electron chi connectivity index (χ3n) is 4.37. The van der Waals surface area contributed by atoms with Gasteiger partial charge in [-0.15, -0.1) is 0 Å². The van der Waals surface area contributed by atoms with E-state index >= 15 is 0 Å². The summed E-state index contributed by atoms with van der Waals surface area (Å²) in [5.74, 6) is 0.490. The van der Waals surface area contributed by atoms with E-state index in [1.807, 2.05) is 0 Å². The maximum atomic E-state index is 12.7. The van der Waals surface area contributed by atoms with Crippen molar-refractivity contribution in [2.24, 2.45) is 0 Å². The molecule has 4 rings (SSSR count). The average Bonchev–Trinajstić information content (AvgIpc) is 3.36. The van der Waals surface area contributed by atoms with Gasteiger partial charge < -0.3 is 9.47 Å². The zero-order valence-electron chi connectivity index (χ0n) is 14.7. The molecule has 0 aromatic carbocycles. The molecular formula is C17H19N5O4S. The summed E-state index contributed by atoms with van der Waals surface area (Å²) in [6.45, 7) is 0.903. The largest absolute Gasteiger partial charge is 0.481 e. The van der Waals surface area contributed by atoms with Gasteiger partial charge >= 0.3 is 0 Å². The highest BCUT2D eigenvalue weighted by Gasteiger charge is 2.24. The number of pyridine rings is 1. The highest BCUT2D eigenvalue weighted by molar-refractivity contribution is 7.89. The van der Waals surface area contributed by atoms with Crippen molar-refractivity contribution >= 4 is 15.7 Å². The molecule has 0 amide bonds. The molecule has 0 radical (unpaired) electrons. The first-order chi connectivity index (χ1) is 13.1. The van der Waals surface area contributed by atoms with Crippen LogP contribution in [0, 0.1) is 0 Å². The van der Waals surface area contributed by atoms with Crippen LogP contribution in [0.15, 0.2) is 41.7 Å². The highest BCUT2D eigenvalue weighted by Crippen LogP contribution is 2.20. The number of fused-ring (bicyclic) bond motifs is 1. The molecule has 1 N–H and O–H groups in total. The average molecular weight is 389 g/mol. The fraction of sp³-hybridized carbons (Fsp3) is 0.353. The lowest BCUT2D eigenvalue weighted by atomic mass is 10.2. The molecule has 9 nitrogen and oxygen atoms in total. The molecule has 1 aliphatic rings. The Labute approximate surface area is 156 Å². The number of aromatic nitrogens is 4. The zero-order valence-corrected chi connectivity index (χ0v) is 15.5. The van der Waals surface area contributed by atoms with E-state index in [0.29, 0.717) is 23.8 Å². The Balaban J connectivity index is 1.64. The van der Waals surface area contributed by atoms with E-state index < -0.39 is 10.0 Å². The van der Waals surface area contributed by atoms with Gasteiger partial charge in [0.25, 0.3) is 10.0 Å². The van der Waals surface area contributed by atoms with Gasteiger partial charge in [-0.05, 0) is 31.0 Å². The Morgan fingerprint density at radius 2 is 2.15 bits per heavy atom. The first-order valence-corrected chi connectivity index (χ1v) is 10.0. The molecule has 4 heterocycles. The second kappa shape index (κ2) is 7.22. The summed E-state index contributed by atoms with van der Waals surface area (Å²) in [5.41, 5.74) is 1.76. The van der Waals surface area contributed by atoms with Crippen LogP contribution in [0.2, 0.25) is 0 Å². The lowest BCUT2D eigenvalue weighted by molar-refractivity contribution is 0.114. The number of rotatable bonds is 6. The van der Waals surface area contributed by atoms with Gasteiger partial charge in [0, 0.05) is 31.0 Å². The summed E-state index contributed by atoms with van der Waals surface area (Å²) in [5, 5.41) is 4.41. The predicted octanol–water partition coefficient (Wildman–Crippen LogP) is 1.26. The fourth-order valence-corrected chi connectivity index (χ4v) is 4.03. The first-order valence-electron chi connectivity index (χ1n) is 8.53. The van der Waals surface area contributed by atoms with Gasteiger partial charge in [0.1, 0.15) is 0 Å². The molecule has 1 aliphatic heterocycles. The second-order valence-electron chi connectivity index (χ2n) is 6.16. The van der Waals surface area contributed by atoms with Crippen molar-refractivity contribution in [3.8, 4) is 17.1 Å². The molecule has 142 valence electrons. The van der Waals surface area contributed by atoms with Crippen molar-refractivity contribution in [1.29, 1.82) is 0 Å².